The molecule has 0 aliphatic rings. The van der Waals surface area contributed by atoms with E-state index in [0.717, 1.165) is 0 Å². The van der Waals surface area contributed by atoms with Crippen LogP contribution in [0.3, 0.4) is 0 Å². The minimum absolute atomic E-state index is 0.608. The molecule has 0 heterocycles. The highest BCUT2D eigenvalue weighted by molar-refractivity contribution is 5.07. The number of hydrogen-bond acceptors (Lipinski definition) is 0. The molecule has 1 unspecified atom stereocenters. The molecule has 0 saturated carbocycles. The van der Waals surface area contributed by atoms with Crippen molar-refractivity contribution in [2.45, 2.75) is 27.2 Å². The highest BCUT2D eigenvalue weighted by Gasteiger charge is 1.91. The topological polar surface area (TPSA) is 0 Å². The van der Waals surface area contributed by atoms with Crippen molar-refractivity contribution in [1.82, 2.24) is 0 Å². The van der Waals surface area contributed by atoms with Crippen LogP contribution in [0.5, 0.6) is 0 Å². The normalized spacial score (nSPS) is 15.5. The van der Waals surface area contributed by atoms with Gasteiger partial charge in [0.15, 0.2) is 0 Å². The molecule has 0 amide bonds. The third-order valence-corrected chi connectivity index (χ3v) is 1.57. The molecule has 0 aromatic carbocycles. The third kappa shape index (κ3) is 5.65. The fourth-order valence-electron chi connectivity index (χ4n) is 0.901. The van der Waals surface area contributed by atoms with Gasteiger partial charge < -0.3 is 0 Å². The summed E-state index contributed by atoms with van der Waals surface area (Å²) in [6.45, 7) is 6.29. The van der Waals surface area contributed by atoms with Gasteiger partial charge in [-0.25, -0.2) is 0 Å². The van der Waals surface area contributed by atoms with E-state index in [1.54, 1.807) is 0 Å². The Kier molecular flexibility index (Phi) is 6.81. The van der Waals surface area contributed by atoms with Crippen LogP contribution in [0.1, 0.15) is 27.2 Å². The lowest BCUT2D eigenvalue weighted by molar-refractivity contribution is 0.773. The van der Waals surface area contributed by atoms with Crippen LogP contribution in [0, 0.1) is 5.92 Å². The molecule has 0 aliphatic carbocycles. The lowest BCUT2D eigenvalue weighted by atomic mass is 10.1. The monoisotopic (exact) mass is 150 g/mol. The Hall–Kier alpha value is -0.780. The first-order chi connectivity index (χ1) is 5.35. The fraction of sp³-hybridized carbons (Fsp3) is 0.455. The largest absolute Gasteiger partial charge is 0.0911 e. The van der Waals surface area contributed by atoms with E-state index in [0.29, 0.717) is 5.92 Å². The Balaban J connectivity index is 3.86. The van der Waals surface area contributed by atoms with E-state index in [9.17, 15) is 0 Å². The maximum Gasteiger partial charge on any atom is -0.00531 e. The summed E-state index contributed by atoms with van der Waals surface area (Å²) in [6, 6.07) is 0. The average Bonchev–Trinajstić information content (AvgIpc) is 2.03. The summed E-state index contributed by atoms with van der Waals surface area (Å²) in [5.74, 6) is 0.608. The van der Waals surface area contributed by atoms with Crippen LogP contribution in [0.4, 0.5) is 0 Å². The first-order valence-corrected chi connectivity index (χ1v) is 4.27. The van der Waals surface area contributed by atoms with Crippen LogP contribution in [-0.2, 0) is 0 Å². The van der Waals surface area contributed by atoms with E-state index < -0.39 is 0 Å². The van der Waals surface area contributed by atoms with Crippen molar-refractivity contribution in [3.05, 3.63) is 36.5 Å². The Bertz CT molecular complexity index is 149. The Morgan fingerprint density at radius 3 is 2.18 bits per heavy atom. The van der Waals surface area contributed by atoms with Crippen LogP contribution in [0.15, 0.2) is 36.5 Å². The molecule has 0 fully saturated rings. The highest BCUT2D eigenvalue weighted by Crippen LogP contribution is 2.05. The average molecular weight is 150 g/mol. The molecule has 0 radical (unpaired) electrons. The van der Waals surface area contributed by atoms with Gasteiger partial charge in [0.2, 0.25) is 0 Å². The van der Waals surface area contributed by atoms with Gasteiger partial charge in [0.25, 0.3) is 0 Å². The molecule has 0 spiro atoms. The molecule has 0 aliphatic heterocycles. The lowest BCUT2D eigenvalue weighted by Gasteiger charge is -2.00. The van der Waals surface area contributed by atoms with Crippen molar-refractivity contribution >= 4 is 0 Å². The van der Waals surface area contributed by atoms with Crippen molar-refractivity contribution in [3.8, 4) is 0 Å². The molecule has 0 bridgehead atoms. The Labute approximate surface area is 70.3 Å². The standard InChI is InChI=1S/C11H18/c1-4-7-8-10-11(6-3)9-5-2/h4-5,7-11H,6H2,1-3H3. The predicted octanol–water partition coefficient (Wildman–Crippen LogP) is 3.72. The minimum Gasteiger partial charge on any atom is -0.0911 e. The van der Waals surface area contributed by atoms with Gasteiger partial charge in [0.1, 0.15) is 0 Å². The zero-order chi connectivity index (χ0) is 8.53. The van der Waals surface area contributed by atoms with Gasteiger partial charge in [-0.15, -0.1) is 0 Å². The summed E-state index contributed by atoms with van der Waals surface area (Å²) < 4.78 is 0. The van der Waals surface area contributed by atoms with E-state index in [-0.39, 0.29) is 0 Å². The minimum atomic E-state index is 0.608. The molecule has 0 saturated heterocycles. The summed E-state index contributed by atoms with van der Waals surface area (Å²) in [7, 11) is 0. The second-order valence-corrected chi connectivity index (χ2v) is 2.51. The lowest BCUT2D eigenvalue weighted by Crippen LogP contribution is -1.86. The molecule has 0 aromatic rings. The zero-order valence-corrected chi connectivity index (χ0v) is 7.75. The Morgan fingerprint density at radius 1 is 1.00 bits per heavy atom. The fourth-order valence-corrected chi connectivity index (χ4v) is 0.901. The third-order valence-electron chi connectivity index (χ3n) is 1.57. The quantitative estimate of drug-likeness (QED) is 0.423. The first kappa shape index (κ1) is 10.2. The van der Waals surface area contributed by atoms with E-state index in [1.807, 2.05) is 13.0 Å². The van der Waals surface area contributed by atoms with Crippen LogP contribution >= 0.6 is 0 Å². The Morgan fingerprint density at radius 2 is 1.73 bits per heavy atom. The van der Waals surface area contributed by atoms with Gasteiger partial charge in [-0.1, -0.05) is 43.4 Å². The molecule has 0 nitrogen and oxygen atoms in total. The van der Waals surface area contributed by atoms with Crippen molar-refractivity contribution in [3.63, 3.8) is 0 Å². The molecule has 0 rings (SSSR count). The van der Waals surface area contributed by atoms with Gasteiger partial charge >= 0.3 is 0 Å². The van der Waals surface area contributed by atoms with Crippen LogP contribution in [-0.4, -0.2) is 0 Å². The highest BCUT2D eigenvalue weighted by atomic mass is 14.0. The summed E-state index contributed by atoms with van der Waals surface area (Å²) in [4.78, 5) is 0. The summed E-state index contributed by atoms with van der Waals surface area (Å²) >= 11 is 0. The molecule has 0 N–H and O–H groups in total. The van der Waals surface area contributed by atoms with E-state index in [1.165, 1.54) is 6.42 Å². The summed E-state index contributed by atoms with van der Waals surface area (Å²) in [6.07, 6.45) is 13.9. The number of rotatable bonds is 4. The first-order valence-electron chi connectivity index (χ1n) is 4.27. The van der Waals surface area contributed by atoms with Crippen molar-refractivity contribution in [2.75, 3.05) is 0 Å². The SMILES string of the molecule is CC=CC=CC(C=CC)CC. The van der Waals surface area contributed by atoms with E-state index in [2.05, 4.69) is 44.2 Å². The molecule has 62 valence electrons. The number of hydrogen-bond donors (Lipinski definition) is 0. The van der Waals surface area contributed by atoms with Crippen LogP contribution in [0.25, 0.3) is 0 Å². The molecule has 0 aromatic heterocycles. The zero-order valence-electron chi connectivity index (χ0n) is 7.75. The predicted molar refractivity (Wildman–Crippen MR) is 52.5 cm³/mol. The molecule has 0 heteroatoms. The second-order valence-electron chi connectivity index (χ2n) is 2.51. The van der Waals surface area contributed by atoms with Gasteiger partial charge in [0.05, 0.1) is 0 Å². The molecular formula is C11H18. The maximum atomic E-state index is 2.22. The van der Waals surface area contributed by atoms with Crippen molar-refractivity contribution < 1.29 is 0 Å². The molecule has 11 heavy (non-hydrogen) atoms. The van der Waals surface area contributed by atoms with Gasteiger partial charge in [0, 0.05) is 0 Å². The maximum absolute atomic E-state index is 2.22. The summed E-state index contributed by atoms with van der Waals surface area (Å²) in [5.41, 5.74) is 0. The number of allylic oxidation sites excluding steroid dienone is 6. The molecular weight excluding hydrogens is 132 g/mol. The summed E-state index contributed by atoms with van der Waals surface area (Å²) in [5, 5.41) is 0. The van der Waals surface area contributed by atoms with E-state index >= 15 is 0 Å². The van der Waals surface area contributed by atoms with Crippen LogP contribution in [0.2, 0.25) is 0 Å². The van der Waals surface area contributed by atoms with Crippen molar-refractivity contribution in [1.29, 1.82) is 0 Å². The van der Waals surface area contributed by atoms with Crippen LogP contribution < -0.4 is 0 Å². The van der Waals surface area contributed by atoms with Gasteiger partial charge in [-0.2, -0.15) is 0 Å². The van der Waals surface area contributed by atoms with Crippen molar-refractivity contribution in [2.24, 2.45) is 5.92 Å². The smallest absolute Gasteiger partial charge is 0.00531 e. The van der Waals surface area contributed by atoms with E-state index in [4.69, 9.17) is 0 Å². The van der Waals surface area contributed by atoms with Gasteiger partial charge in [-0.05, 0) is 26.2 Å². The molecule has 1 atom stereocenters. The van der Waals surface area contributed by atoms with Gasteiger partial charge in [-0.3, -0.25) is 0 Å². The second kappa shape index (κ2) is 7.33.